The van der Waals surface area contributed by atoms with Crippen LogP contribution in [0.1, 0.15) is 26.7 Å². The van der Waals surface area contributed by atoms with Crippen molar-refractivity contribution in [3.63, 3.8) is 0 Å². The molecule has 0 amide bonds. The molecule has 0 saturated carbocycles. The fourth-order valence-corrected chi connectivity index (χ4v) is 0.867. The number of carbonyl (C=O) groups is 1. The summed E-state index contributed by atoms with van der Waals surface area (Å²) in [5, 5.41) is 11.2. The first kappa shape index (κ1) is 12.9. The minimum absolute atomic E-state index is 0.183. The van der Waals surface area contributed by atoms with E-state index in [2.05, 4.69) is 5.16 Å². The van der Waals surface area contributed by atoms with Gasteiger partial charge >= 0.3 is 0 Å². The van der Waals surface area contributed by atoms with Crippen LogP contribution in [-0.4, -0.2) is 17.6 Å². The highest BCUT2D eigenvalue weighted by Crippen LogP contribution is 2.04. The quantitative estimate of drug-likeness (QED) is 0.296. The second-order valence-electron chi connectivity index (χ2n) is 3.15. The van der Waals surface area contributed by atoms with Crippen molar-refractivity contribution in [3.05, 3.63) is 0 Å². The largest absolute Gasteiger partial charge is 0.394 e. The molecule has 0 aromatic rings. The highest BCUT2D eigenvalue weighted by Gasteiger charge is 2.11. The Balaban J connectivity index is 4.07. The van der Waals surface area contributed by atoms with Crippen molar-refractivity contribution in [2.75, 3.05) is 6.61 Å². The summed E-state index contributed by atoms with van der Waals surface area (Å²) in [4.78, 5) is 15.6. The van der Waals surface area contributed by atoms with Crippen LogP contribution in [-0.2, 0) is 9.63 Å². The Morgan fingerprint density at radius 2 is 2.29 bits per heavy atom. The summed E-state index contributed by atoms with van der Waals surface area (Å²) in [5.74, 6) is 0.288. The minimum Gasteiger partial charge on any atom is -0.394 e. The molecule has 0 bridgehead atoms. The van der Waals surface area contributed by atoms with Crippen molar-refractivity contribution in [2.45, 2.75) is 26.7 Å². The van der Waals surface area contributed by atoms with E-state index in [1.54, 1.807) is 0 Å². The zero-order valence-corrected chi connectivity index (χ0v) is 9.04. The van der Waals surface area contributed by atoms with E-state index in [1.165, 1.54) is 0 Å². The Morgan fingerprint density at radius 1 is 1.64 bits per heavy atom. The topological polar surface area (TPSA) is 62.4 Å². The Morgan fingerprint density at radius 3 is 2.71 bits per heavy atom. The Labute approximate surface area is 88.5 Å². The van der Waals surface area contributed by atoms with Gasteiger partial charge < -0.3 is 4.84 Å². The van der Waals surface area contributed by atoms with Gasteiger partial charge in [-0.3, -0.25) is 4.79 Å². The van der Waals surface area contributed by atoms with Crippen LogP contribution in [0, 0.1) is 17.2 Å². The third-order valence-corrected chi connectivity index (χ3v) is 1.53. The number of oxime groups is 1. The molecule has 0 rings (SSSR count). The van der Waals surface area contributed by atoms with Crippen molar-refractivity contribution < 1.29 is 9.63 Å². The number of hydrogen-bond donors (Lipinski definition) is 0. The number of nitriles is 1. The van der Waals surface area contributed by atoms with E-state index in [4.69, 9.17) is 21.7 Å². The lowest BCUT2D eigenvalue weighted by Crippen LogP contribution is -2.11. The van der Waals surface area contributed by atoms with Gasteiger partial charge in [-0.2, -0.15) is 5.26 Å². The van der Waals surface area contributed by atoms with Crippen LogP contribution in [0.3, 0.4) is 0 Å². The van der Waals surface area contributed by atoms with Crippen LogP contribution in [0.4, 0.5) is 0 Å². The molecular weight excluding hydrogens is 204 g/mol. The molecule has 0 aliphatic carbocycles. The SMILES string of the molecule is CC(C)CC(=NOCCC#N)C(=O)Cl. The molecule has 5 heteroatoms. The van der Waals surface area contributed by atoms with Crippen LogP contribution in [0.25, 0.3) is 0 Å². The average Bonchev–Trinajstić information content (AvgIpc) is 2.09. The molecule has 0 atom stereocenters. The molecule has 0 spiro atoms. The van der Waals surface area contributed by atoms with E-state index < -0.39 is 5.24 Å². The zero-order valence-electron chi connectivity index (χ0n) is 8.29. The standard InChI is InChI=1S/C9H13ClN2O2/c1-7(2)6-8(9(10)13)12-14-5-3-4-11/h7H,3,5-6H2,1-2H3. The predicted octanol–water partition coefficient (Wildman–Crippen LogP) is 2.08. The lowest BCUT2D eigenvalue weighted by atomic mass is 10.1. The van der Waals surface area contributed by atoms with Gasteiger partial charge in [0.15, 0.2) is 0 Å². The van der Waals surface area contributed by atoms with Gasteiger partial charge in [-0.05, 0) is 17.5 Å². The number of nitrogens with zero attached hydrogens (tertiary/aromatic N) is 2. The molecule has 0 unspecified atom stereocenters. The summed E-state index contributed by atoms with van der Waals surface area (Å²) in [5.41, 5.74) is 0.208. The maximum absolute atomic E-state index is 10.8. The fraction of sp³-hybridized carbons (Fsp3) is 0.667. The van der Waals surface area contributed by atoms with Crippen molar-refractivity contribution in [3.8, 4) is 6.07 Å². The van der Waals surface area contributed by atoms with Crippen molar-refractivity contribution in [1.29, 1.82) is 5.26 Å². The van der Waals surface area contributed by atoms with Gasteiger partial charge in [0.05, 0.1) is 12.5 Å². The monoisotopic (exact) mass is 216 g/mol. The van der Waals surface area contributed by atoms with Crippen LogP contribution < -0.4 is 0 Å². The molecule has 4 nitrogen and oxygen atoms in total. The van der Waals surface area contributed by atoms with Gasteiger partial charge in [0, 0.05) is 6.42 Å². The summed E-state index contributed by atoms with van der Waals surface area (Å²) in [6, 6.07) is 1.90. The molecule has 0 saturated heterocycles. The Hall–Kier alpha value is -1.08. The third-order valence-electron chi connectivity index (χ3n) is 1.31. The molecular formula is C9H13ClN2O2. The van der Waals surface area contributed by atoms with E-state index in [9.17, 15) is 4.79 Å². The first-order valence-corrected chi connectivity index (χ1v) is 4.71. The Bertz CT molecular complexity index is 256. The maximum atomic E-state index is 10.8. The summed E-state index contributed by atoms with van der Waals surface area (Å²) in [6.45, 7) is 4.08. The van der Waals surface area contributed by atoms with E-state index in [0.717, 1.165) is 0 Å². The van der Waals surface area contributed by atoms with Crippen LogP contribution in [0.15, 0.2) is 5.16 Å². The molecule has 0 fully saturated rings. The van der Waals surface area contributed by atoms with Gasteiger partial charge in [0.2, 0.25) is 0 Å². The van der Waals surface area contributed by atoms with E-state index >= 15 is 0 Å². The maximum Gasteiger partial charge on any atom is 0.270 e. The molecule has 0 aromatic carbocycles. The average molecular weight is 217 g/mol. The molecule has 78 valence electrons. The highest BCUT2D eigenvalue weighted by atomic mass is 35.5. The van der Waals surface area contributed by atoms with Crippen LogP contribution in [0.5, 0.6) is 0 Å². The van der Waals surface area contributed by atoms with E-state index in [-0.39, 0.29) is 24.7 Å². The lowest BCUT2D eigenvalue weighted by molar-refractivity contribution is -0.106. The molecule has 0 aliphatic heterocycles. The van der Waals surface area contributed by atoms with E-state index in [0.29, 0.717) is 6.42 Å². The van der Waals surface area contributed by atoms with Crippen molar-refractivity contribution in [2.24, 2.45) is 11.1 Å². The first-order chi connectivity index (χ1) is 6.57. The van der Waals surface area contributed by atoms with Crippen molar-refractivity contribution >= 4 is 22.6 Å². The second kappa shape index (κ2) is 7.34. The smallest absolute Gasteiger partial charge is 0.270 e. The number of hydrogen-bond acceptors (Lipinski definition) is 4. The Kier molecular flexibility index (Phi) is 6.77. The van der Waals surface area contributed by atoms with E-state index in [1.807, 2.05) is 19.9 Å². The van der Waals surface area contributed by atoms with Gasteiger partial charge in [-0.25, -0.2) is 0 Å². The minimum atomic E-state index is -0.601. The normalized spacial score (nSPS) is 11.2. The number of halogens is 1. The van der Waals surface area contributed by atoms with Crippen LogP contribution >= 0.6 is 11.6 Å². The van der Waals surface area contributed by atoms with Gasteiger partial charge in [-0.15, -0.1) is 0 Å². The molecule has 0 aliphatic rings. The zero-order chi connectivity index (χ0) is 11.0. The fourth-order valence-electron chi connectivity index (χ4n) is 0.755. The van der Waals surface area contributed by atoms with Crippen LogP contribution in [0.2, 0.25) is 0 Å². The summed E-state index contributed by atoms with van der Waals surface area (Å²) in [7, 11) is 0. The number of carbonyl (C=O) groups excluding carboxylic acids is 1. The molecule has 0 radical (unpaired) electrons. The van der Waals surface area contributed by atoms with Gasteiger partial charge in [-0.1, -0.05) is 19.0 Å². The summed E-state index contributed by atoms with van der Waals surface area (Å²) >= 11 is 5.29. The summed E-state index contributed by atoms with van der Waals surface area (Å²) in [6.07, 6.45) is 0.726. The van der Waals surface area contributed by atoms with Gasteiger partial charge in [0.1, 0.15) is 12.3 Å². The third kappa shape index (κ3) is 6.44. The molecule has 0 N–H and O–H groups in total. The highest BCUT2D eigenvalue weighted by molar-refractivity contribution is 6.82. The summed E-state index contributed by atoms with van der Waals surface area (Å²) < 4.78 is 0. The lowest BCUT2D eigenvalue weighted by Gasteiger charge is -2.03. The number of rotatable bonds is 6. The second-order valence-corrected chi connectivity index (χ2v) is 3.49. The molecule has 0 aromatic heterocycles. The molecule has 14 heavy (non-hydrogen) atoms. The predicted molar refractivity (Wildman–Crippen MR) is 53.9 cm³/mol. The van der Waals surface area contributed by atoms with Crippen molar-refractivity contribution in [1.82, 2.24) is 0 Å². The first-order valence-electron chi connectivity index (χ1n) is 4.33. The van der Waals surface area contributed by atoms with Gasteiger partial charge in [0.25, 0.3) is 5.24 Å². The molecule has 0 heterocycles.